The first-order valence-corrected chi connectivity index (χ1v) is 7.25. The Labute approximate surface area is 141 Å². The molecule has 0 heterocycles. The van der Waals surface area contributed by atoms with Gasteiger partial charge in [0.15, 0.2) is 0 Å². The lowest BCUT2D eigenvalue weighted by atomic mass is 10.2. The summed E-state index contributed by atoms with van der Waals surface area (Å²) in [6.45, 7) is 0.338. The van der Waals surface area contributed by atoms with Crippen LogP contribution in [-0.4, -0.2) is 11.1 Å². The van der Waals surface area contributed by atoms with Crippen LogP contribution >= 0.6 is 34.8 Å². The van der Waals surface area contributed by atoms with Crippen molar-refractivity contribution in [1.82, 2.24) is 5.43 Å². The van der Waals surface area contributed by atoms with E-state index in [2.05, 4.69) is 10.5 Å². The summed E-state index contributed by atoms with van der Waals surface area (Å²) >= 11 is 17.8. The lowest BCUT2D eigenvalue weighted by Gasteiger charge is -2.05. The maximum absolute atomic E-state index is 10.8. The van der Waals surface area contributed by atoms with Crippen LogP contribution in [0, 0.1) is 10.1 Å². The van der Waals surface area contributed by atoms with E-state index in [9.17, 15) is 10.1 Å². The van der Waals surface area contributed by atoms with E-state index in [-0.39, 0.29) is 10.7 Å². The second-order valence-electron chi connectivity index (χ2n) is 4.26. The Morgan fingerprint density at radius 2 is 1.82 bits per heavy atom. The van der Waals surface area contributed by atoms with Crippen LogP contribution in [0.3, 0.4) is 0 Å². The van der Waals surface area contributed by atoms with E-state index in [0.717, 1.165) is 5.56 Å². The van der Waals surface area contributed by atoms with Crippen molar-refractivity contribution in [2.45, 2.75) is 6.54 Å². The quantitative estimate of drug-likeness (QED) is 0.479. The minimum atomic E-state index is -0.545. The Balaban J connectivity index is 2.04. The van der Waals surface area contributed by atoms with Crippen molar-refractivity contribution in [2.24, 2.45) is 5.10 Å². The zero-order valence-electron chi connectivity index (χ0n) is 11.1. The zero-order chi connectivity index (χ0) is 16.1. The lowest BCUT2D eigenvalue weighted by molar-refractivity contribution is -0.384. The molecule has 2 aromatic carbocycles. The van der Waals surface area contributed by atoms with Crippen LogP contribution in [0.4, 0.5) is 5.69 Å². The Morgan fingerprint density at radius 1 is 1.14 bits per heavy atom. The SMILES string of the molecule is O=[N+]([O-])c1cc(/C=N/NCc2c(Cl)cccc2Cl)ccc1Cl. The zero-order valence-corrected chi connectivity index (χ0v) is 13.4. The molecule has 114 valence electrons. The molecule has 22 heavy (non-hydrogen) atoms. The predicted molar refractivity (Wildman–Crippen MR) is 89.0 cm³/mol. The summed E-state index contributed by atoms with van der Waals surface area (Å²) in [5.74, 6) is 0. The lowest BCUT2D eigenvalue weighted by Crippen LogP contribution is -2.06. The minimum Gasteiger partial charge on any atom is -0.306 e. The summed E-state index contributed by atoms with van der Waals surface area (Å²) in [5.41, 5.74) is 3.90. The van der Waals surface area contributed by atoms with Gasteiger partial charge in [0.25, 0.3) is 5.69 Å². The van der Waals surface area contributed by atoms with E-state index in [1.165, 1.54) is 18.3 Å². The summed E-state index contributed by atoms with van der Waals surface area (Å²) in [5, 5.41) is 15.9. The predicted octanol–water partition coefficient (Wildman–Crippen LogP) is 4.68. The fourth-order valence-corrected chi connectivity index (χ4v) is 2.41. The summed E-state index contributed by atoms with van der Waals surface area (Å²) in [6.07, 6.45) is 1.45. The number of hydrazone groups is 1. The van der Waals surface area contributed by atoms with Crippen molar-refractivity contribution in [2.75, 3.05) is 0 Å². The first kappa shape index (κ1) is 16.5. The average molecular weight is 359 g/mol. The molecule has 5 nitrogen and oxygen atoms in total. The van der Waals surface area contributed by atoms with E-state index in [1.807, 2.05) is 0 Å². The van der Waals surface area contributed by atoms with Crippen molar-refractivity contribution in [1.29, 1.82) is 0 Å². The molecule has 0 aliphatic heterocycles. The van der Waals surface area contributed by atoms with Gasteiger partial charge in [-0.3, -0.25) is 10.1 Å². The second-order valence-corrected chi connectivity index (χ2v) is 5.48. The summed E-state index contributed by atoms with van der Waals surface area (Å²) in [4.78, 5) is 10.3. The fourth-order valence-electron chi connectivity index (χ4n) is 1.70. The van der Waals surface area contributed by atoms with E-state index < -0.39 is 4.92 Å². The normalized spacial score (nSPS) is 10.9. The van der Waals surface area contributed by atoms with E-state index in [1.54, 1.807) is 24.3 Å². The second kappa shape index (κ2) is 7.45. The molecule has 0 fully saturated rings. The highest BCUT2D eigenvalue weighted by Crippen LogP contribution is 2.25. The minimum absolute atomic E-state index is 0.0814. The van der Waals surface area contributed by atoms with Gasteiger partial charge in [0, 0.05) is 27.2 Å². The summed E-state index contributed by atoms with van der Waals surface area (Å²) in [7, 11) is 0. The number of halogens is 3. The highest BCUT2D eigenvalue weighted by molar-refractivity contribution is 6.36. The van der Waals surface area contributed by atoms with Crippen LogP contribution < -0.4 is 5.43 Å². The van der Waals surface area contributed by atoms with Gasteiger partial charge in [0.05, 0.1) is 17.7 Å². The number of hydrogen-bond donors (Lipinski definition) is 1. The summed E-state index contributed by atoms with van der Waals surface area (Å²) < 4.78 is 0. The molecular weight excluding hydrogens is 349 g/mol. The largest absolute Gasteiger partial charge is 0.306 e. The topological polar surface area (TPSA) is 67.5 Å². The molecule has 0 aromatic heterocycles. The van der Waals surface area contributed by atoms with Gasteiger partial charge >= 0.3 is 0 Å². The fraction of sp³-hybridized carbons (Fsp3) is 0.0714. The van der Waals surface area contributed by atoms with Crippen LogP contribution in [0.25, 0.3) is 0 Å². The summed E-state index contributed by atoms with van der Waals surface area (Å²) in [6, 6.07) is 9.64. The Kier molecular flexibility index (Phi) is 5.60. The van der Waals surface area contributed by atoms with Crippen LogP contribution in [-0.2, 0) is 6.54 Å². The number of rotatable bonds is 5. The van der Waals surface area contributed by atoms with Crippen LogP contribution in [0.5, 0.6) is 0 Å². The third-order valence-electron chi connectivity index (χ3n) is 2.79. The van der Waals surface area contributed by atoms with Crippen molar-refractivity contribution >= 4 is 46.7 Å². The molecule has 1 N–H and O–H groups in total. The van der Waals surface area contributed by atoms with Gasteiger partial charge in [-0.05, 0) is 18.2 Å². The Hall–Kier alpha value is -1.82. The molecule has 0 radical (unpaired) electrons. The van der Waals surface area contributed by atoms with Gasteiger partial charge in [0.2, 0.25) is 0 Å². The highest BCUT2D eigenvalue weighted by atomic mass is 35.5. The Bertz CT molecular complexity index is 715. The van der Waals surface area contributed by atoms with Gasteiger partial charge in [-0.15, -0.1) is 0 Å². The molecule has 0 amide bonds. The van der Waals surface area contributed by atoms with Gasteiger partial charge < -0.3 is 5.43 Å². The molecule has 0 atom stereocenters. The molecule has 0 aliphatic rings. The van der Waals surface area contributed by atoms with Crippen LogP contribution in [0.1, 0.15) is 11.1 Å². The van der Waals surface area contributed by atoms with Crippen molar-refractivity contribution < 1.29 is 4.92 Å². The van der Waals surface area contributed by atoms with Crippen LogP contribution in [0.2, 0.25) is 15.1 Å². The number of hydrogen-bond acceptors (Lipinski definition) is 4. The Morgan fingerprint density at radius 3 is 2.45 bits per heavy atom. The van der Waals surface area contributed by atoms with Crippen molar-refractivity contribution in [3.63, 3.8) is 0 Å². The van der Waals surface area contributed by atoms with Crippen molar-refractivity contribution in [3.8, 4) is 0 Å². The van der Waals surface area contributed by atoms with Crippen molar-refractivity contribution in [3.05, 3.63) is 72.7 Å². The molecule has 8 heteroatoms. The van der Waals surface area contributed by atoms with Gasteiger partial charge in [-0.2, -0.15) is 5.10 Å². The molecule has 0 saturated heterocycles. The molecule has 0 aliphatic carbocycles. The first-order chi connectivity index (χ1) is 10.5. The monoisotopic (exact) mass is 357 g/mol. The van der Waals surface area contributed by atoms with E-state index in [4.69, 9.17) is 34.8 Å². The maximum atomic E-state index is 10.8. The average Bonchev–Trinajstić information content (AvgIpc) is 2.47. The first-order valence-electron chi connectivity index (χ1n) is 6.12. The number of nitrogens with zero attached hydrogens (tertiary/aromatic N) is 2. The molecule has 0 bridgehead atoms. The standard InChI is InChI=1S/C14H10Cl3N3O2/c15-11-2-1-3-12(16)10(11)8-19-18-7-9-4-5-13(17)14(6-9)20(21)22/h1-7,19H,8H2/b18-7+. The number of benzene rings is 2. The van der Waals surface area contributed by atoms with Gasteiger partial charge in [-0.25, -0.2) is 0 Å². The van der Waals surface area contributed by atoms with E-state index in [0.29, 0.717) is 22.2 Å². The molecule has 2 aromatic rings. The third kappa shape index (κ3) is 4.10. The van der Waals surface area contributed by atoms with Gasteiger partial charge in [-0.1, -0.05) is 46.9 Å². The van der Waals surface area contributed by atoms with E-state index >= 15 is 0 Å². The molecule has 0 saturated carbocycles. The molecule has 0 spiro atoms. The van der Waals surface area contributed by atoms with Gasteiger partial charge in [0.1, 0.15) is 5.02 Å². The number of nitrogens with one attached hydrogen (secondary N) is 1. The maximum Gasteiger partial charge on any atom is 0.288 e. The molecule has 0 unspecified atom stereocenters. The smallest absolute Gasteiger partial charge is 0.288 e. The number of nitro benzene ring substituents is 1. The number of nitro groups is 1. The van der Waals surface area contributed by atoms with Crippen LogP contribution in [0.15, 0.2) is 41.5 Å². The molecule has 2 rings (SSSR count). The highest BCUT2D eigenvalue weighted by Gasteiger charge is 2.11. The third-order valence-corrected chi connectivity index (χ3v) is 3.82. The molecular formula is C14H10Cl3N3O2.